The Morgan fingerprint density at radius 1 is 1.29 bits per heavy atom. The minimum atomic E-state index is -1.06. The molecular formula is C25H31IN2O6. The summed E-state index contributed by atoms with van der Waals surface area (Å²) in [4.78, 5) is 27.7. The van der Waals surface area contributed by atoms with Crippen molar-refractivity contribution in [2.24, 2.45) is 5.92 Å². The van der Waals surface area contributed by atoms with Crippen LogP contribution in [0.15, 0.2) is 58.9 Å². The zero-order valence-corrected chi connectivity index (χ0v) is 21.5. The predicted octanol–water partition coefficient (Wildman–Crippen LogP) is 2.87. The van der Waals surface area contributed by atoms with Crippen LogP contribution in [0.5, 0.6) is 5.75 Å². The number of halogens is 1. The van der Waals surface area contributed by atoms with E-state index in [9.17, 15) is 14.7 Å². The molecule has 3 atom stereocenters. The molecule has 1 aromatic heterocycles. The second-order valence-corrected chi connectivity index (χ2v) is 9.86. The second-order valence-electron chi connectivity index (χ2n) is 8.70. The van der Waals surface area contributed by atoms with Gasteiger partial charge in [0.25, 0.3) is 0 Å². The van der Waals surface area contributed by atoms with Crippen molar-refractivity contribution in [3.8, 4) is 5.75 Å². The normalized spacial score (nSPS) is 20.1. The van der Waals surface area contributed by atoms with Crippen molar-refractivity contribution in [1.29, 1.82) is 0 Å². The number of nitrogens with zero attached hydrogens (tertiary/aromatic N) is 1. The highest BCUT2D eigenvalue weighted by atomic mass is 127. The van der Waals surface area contributed by atoms with Crippen LogP contribution in [-0.2, 0) is 16.1 Å². The lowest BCUT2D eigenvalue weighted by Gasteiger charge is -2.40. The van der Waals surface area contributed by atoms with Gasteiger partial charge in [-0.1, -0.05) is 26.0 Å². The van der Waals surface area contributed by atoms with Crippen LogP contribution in [0.25, 0.3) is 0 Å². The van der Waals surface area contributed by atoms with E-state index in [0.717, 1.165) is 9.13 Å². The molecule has 0 saturated heterocycles. The minimum absolute atomic E-state index is 0.108. The number of carbonyl (C=O) groups is 2. The number of amides is 2. The molecule has 3 rings (SSSR count). The van der Waals surface area contributed by atoms with E-state index in [4.69, 9.17) is 14.3 Å². The lowest BCUT2D eigenvalue weighted by Crippen LogP contribution is -2.55. The SMILES string of the molecule is CC(C)CC(=O)N(Cc1ccoc1)C1CC(C(=O)NCCO)=CC(Oc2ccccc2I)C1O. The number of hydrogen-bond donors (Lipinski definition) is 3. The average molecular weight is 582 g/mol. The summed E-state index contributed by atoms with van der Waals surface area (Å²) in [5.41, 5.74) is 1.19. The van der Waals surface area contributed by atoms with Crippen molar-refractivity contribution in [3.63, 3.8) is 0 Å². The quantitative estimate of drug-likeness (QED) is 0.372. The van der Waals surface area contributed by atoms with Gasteiger partial charge < -0.3 is 29.6 Å². The van der Waals surface area contributed by atoms with Crippen molar-refractivity contribution >= 4 is 34.4 Å². The van der Waals surface area contributed by atoms with E-state index < -0.39 is 18.2 Å². The fraction of sp³-hybridized carbons (Fsp3) is 0.440. The average Bonchev–Trinajstić information content (AvgIpc) is 3.31. The molecule has 9 heteroatoms. The zero-order chi connectivity index (χ0) is 24.7. The first-order chi connectivity index (χ1) is 16.3. The summed E-state index contributed by atoms with van der Waals surface area (Å²) in [5.74, 6) is 0.224. The van der Waals surface area contributed by atoms with Gasteiger partial charge in [-0.25, -0.2) is 0 Å². The van der Waals surface area contributed by atoms with Gasteiger partial charge in [-0.05, 0) is 52.8 Å². The van der Waals surface area contributed by atoms with Crippen molar-refractivity contribution in [2.75, 3.05) is 13.2 Å². The number of hydrogen-bond acceptors (Lipinski definition) is 6. The van der Waals surface area contributed by atoms with E-state index in [1.54, 1.807) is 29.4 Å². The minimum Gasteiger partial charge on any atom is -0.482 e. The highest BCUT2D eigenvalue weighted by Gasteiger charge is 2.40. The highest BCUT2D eigenvalue weighted by Crippen LogP contribution is 2.31. The number of aliphatic hydroxyl groups is 2. The summed E-state index contributed by atoms with van der Waals surface area (Å²) in [6.45, 7) is 4.08. The molecule has 2 amide bonds. The topological polar surface area (TPSA) is 112 Å². The number of carbonyl (C=O) groups excluding carboxylic acids is 2. The molecule has 0 saturated carbocycles. The predicted molar refractivity (Wildman–Crippen MR) is 135 cm³/mol. The molecule has 1 aliphatic carbocycles. The number of benzene rings is 1. The van der Waals surface area contributed by atoms with E-state index >= 15 is 0 Å². The maximum absolute atomic E-state index is 13.3. The van der Waals surface area contributed by atoms with E-state index in [1.807, 2.05) is 32.0 Å². The summed E-state index contributed by atoms with van der Waals surface area (Å²) < 4.78 is 12.2. The molecule has 1 aromatic carbocycles. The smallest absolute Gasteiger partial charge is 0.247 e. The maximum Gasteiger partial charge on any atom is 0.247 e. The van der Waals surface area contributed by atoms with Crippen LogP contribution in [0.1, 0.15) is 32.3 Å². The van der Waals surface area contributed by atoms with Crippen LogP contribution < -0.4 is 10.1 Å². The van der Waals surface area contributed by atoms with Gasteiger partial charge in [-0.2, -0.15) is 0 Å². The highest BCUT2D eigenvalue weighted by molar-refractivity contribution is 14.1. The number of aliphatic hydroxyl groups excluding tert-OH is 2. The summed E-state index contributed by atoms with van der Waals surface area (Å²) >= 11 is 2.15. The molecule has 3 unspecified atom stereocenters. The van der Waals surface area contributed by atoms with Gasteiger partial charge in [-0.15, -0.1) is 0 Å². The summed E-state index contributed by atoms with van der Waals surface area (Å²) in [5, 5.41) is 23.2. The molecule has 0 bridgehead atoms. The molecule has 0 spiro atoms. The van der Waals surface area contributed by atoms with Crippen LogP contribution in [0.4, 0.5) is 0 Å². The first-order valence-electron chi connectivity index (χ1n) is 11.3. The Morgan fingerprint density at radius 2 is 2.06 bits per heavy atom. The Kier molecular flexibility index (Phi) is 9.54. The van der Waals surface area contributed by atoms with Crippen LogP contribution in [0, 0.1) is 9.49 Å². The number of ether oxygens (including phenoxy) is 1. The van der Waals surface area contributed by atoms with E-state index in [0.29, 0.717) is 17.7 Å². The van der Waals surface area contributed by atoms with Crippen LogP contribution in [0.3, 0.4) is 0 Å². The third kappa shape index (κ3) is 6.83. The van der Waals surface area contributed by atoms with Gasteiger partial charge in [-0.3, -0.25) is 9.59 Å². The molecule has 1 aliphatic rings. The zero-order valence-electron chi connectivity index (χ0n) is 19.3. The third-order valence-corrected chi connectivity index (χ3v) is 6.44. The van der Waals surface area contributed by atoms with Gasteiger partial charge >= 0.3 is 0 Å². The van der Waals surface area contributed by atoms with Gasteiger partial charge in [0.15, 0.2) is 0 Å². The first-order valence-corrected chi connectivity index (χ1v) is 12.4. The number of rotatable bonds is 10. The first kappa shape index (κ1) is 26.2. The van der Waals surface area contributed by atoms with E-state index in [1.165, 1.54) is 6.26 Å². The molecule has 0 aliphatic heterocycles. The fourth-order valence-corrected chi connectivity index (χ4v) is 4.42. The molecule has 1 heterocycles. The lowest BCUT2D eigenvalue weighted by atomic mass is 9.87. The Bertz CT molecular complexity index is 991. The van der Waals surface area contributed by atoms with Crippen LogP contribution >= 0.6 is 22.6 Å². The molecule has 2 aromatic rings. The van der Waals surface area contributed by atoms with Gasteiger partial charge in [0.1, 0.15) is 18.0 Å². The second kappa shape index (κ2) is 12.4. The van der Waals surface area contributed by atoms with Gasteiger partial charge in [0, 0.05) is 37.1 Å². The van der Waals surface area contributed by atoms with E-state index in [2.05, 4.69) is 27.9 Å². The molecule has 184 valence electrons. The Balaban J connectivity index is 1.95. The van der Waals surface area contributed by atoms with Crippen molar-refractivity contribution < 1.29 is 29.0 Å². The standard InChI is InChI=1S/C25H31IN2O6/c1-16(2)11-23(30)28(14-17-7-10-33-15-17)20-12-18(25(32)27-8-9-29)13-22(24(20)31)34-21-6-4-3-5-19(21)26/h3-7,10,13,15-16,20,22,24,29,31H,8-9,11-12,14H2,1-2H3,(H,27,32). The Labute approximate surface area is 213 Å². The van der Waals surface area contributed by atoms with Crippen molar-refractivity contribution in [1.82, 2.24) is 10.2 Å². The Morgan fingerprint density at radius 3 is 2.71 bits per heavy atom. The summed E-state index contributed by atoms with van der Waals surface area (Å²) in [6.07, 6.45) is 3.27. The number of furan rings is 1. The van der Waals surface area contributed by atoms with Crippen LogP contribution in [-0.4, -0.2) is 58.3 Å². The molecule has 8 nitrogen and oxygen atoms in total. The summed E-state index contributed by atoms with van der Waals surface area (Å²) in [7, 11) is 0. The number of para-hydroxylation sites is 1. The molecule has 3 N–H and O–H groups in total. The molecule has 0 radical (unpaired) electrons. The largest absolute Gasteiger partial charge is 0.482 e. The van der Waals surface area contributed by atoms with Crippen LogP contribution in [0.2, 0.25) is 0 Å². The molecular weight excluding hydrogens is 551 g/mol. The Hall–Kier alpha value is -2.37. The van der Waals surface area contributed by atoms with Gasteiger partial charge in [0.05, 0.1) is 28.7 Å². The monoisotopic (exact) mass is 582 g/mol. The summed E-state index contributed by atoms with van der Waals surface area (Å²) in [6, 6.07) is 8.49. The molecule has 34 heavy (non-hydrogen) atoms. The fourth-order valence-electron chi connectivity index (χ4n) is 3.90. The molecule has 0 fully saturated rings. The third-order valence-electron chi connectivity index (χ3n) is 5.55. The van der Waals surface area contributed by atoms with Crippen molar-refractivity contribution in [3.05, 3.63) is 63.6 Å². The maximum atomic E-state index is 13.3. The number of nitrogens with one attached hydrogen (secondary N) is 1. The lowest BCUT2D eigenvalue weighted by molar-refractivity contribution is -0.140. The van der Waals surface area contributed by atoms with Crippen molar-refractivity contribution in [2.45, 2.75) is 51.5 Å². The van der Waals surface area contributed by atoms with Gasteiger partial charge in [0.2, 0.25) is 11.8 Å². The van der Waals surface area contributed by atoms with E-state index in [-0.39, 0.29) is 43.8 Å².